The molecule has 2 aromatic rings. The summed E-state index contributed by atoms with van der Waals surface area (Å²) in [7, 11) is -3.94. The van der Waals surface area contributed by atoms with E-state index < -0.39 is 15.8 Å². The van der Waals surface area contributed by atoms with Crippen molar-refractivity contribution in [3.8, 4) is 0 Å². The van der Waals surface area contributed by atoms with E-state index in [-0.39, 0.29) is 27.6 Å². The maximum absolute atomic E-state index is 13.3. The van der Waals surface area contributed by atoms with Gasteiger partial charge in [-0.05, 0) is 61.7 Å². The van der Waals surface area contributed by atoms with Gasteiger partial charge in [-0.3, -0.25) is 9.52 Å². The zero-order valence-electron chi connectivity index (χ0n) is 16.6. The Kier molecular flexibility index (Phi) is 7.33. The van der Waals surface area contributed by atoms with Crippen LogP contribution in [0.4, 0.5) is 10.1 Å². The minimum absolute atomic E-state index is 0.0521. The number of halogens is 2. The fourth-order valence-corrected chi connectivity index (χ4v) is 4.59. The summed E-state index contributed by atoms with van der Waals surface area (Å²) in [6.07, 6.45) is 2.82. The average molecular weight is 455 g/mol. The Balaban J connectivity index is 1.67. The van der Waals surface area contributed by atoms with Gasteiger partial charge >= 0.3 is 0 Å². The molecule has 1 unspecified atom stereocenters. The number of nitrogens with one attached hydrogen (secondary N) is 1. The summed E-state index contributed by atoms with van der Waals surface area (Å²) in [4.78, 5) is 14.4. The van der Waals surface area contributed by atoms with Crippen LogP contribution in [0.5, 0.6) is 0 Å². The van der Waals surface area contributed by atoms with Gasteiger partial charge in [-0.1, -0.05) is 18.5 Å². The van der Waals surface area contributed by atoms with Crippen molar-refractivity contribution in [1.29, 1.82) is 0 Å². The van der Waals surface area contributed by atoms with E-state index >= 15 is 0 Å². The quantitative estimate of drug-likeness (QED) is 0.676. The first-order chi connectivity index (χ1) is 14.3. The Hall–Kier alpha value is -2.16. The van der Waals surface area contributed by atoms with Crippen molar-refractivity contribution in [2.75, 3.05) is 24.4 Å². The Morgan fingerprint density at radius 1 is 1.27 bits per heavy atom. The highest BCUT2D eigenvalue weighted by atomic mass is 35.5. The highest BCUT2D eigenvalue weighted by Crippen LogP contribution is 2.23. The van der Waals surface area contributed by atoms with Crippen molar-refractivity contribution in [3.63, 3.8) is 0 Å². The number of hydrogen-bond acceptors (Lipinski definition) is 4. The lowest BCUT2D eigenvalue weighted by atomic mass is 10.1. The van der Waals surface area contributed by atoms with Gasteiger partial charge in [0.2, 0.25) is 0 Å². The topological polar surface area (TPSA) is 75.7 Å². The van der Waals surface area contributed by atoms with Crippen molar-refractivity contribution in [2.24, 2.45) is 0 Å². The fourth-order valence-electron chi connectivity index (χ4n) is 3.26. The zero-order valence-corrected chi connectivity index (χ0v) is 18.2. The molecule has 0 radical (unpaired) electrons. The van der Waals surface area contributed by atoms with Crippen LogP contribution < -0.4 is 4.72 Å². The zero-order chi connectivity index (χ0) is 21.7. The molecule has 0 spiro atoms. The molecule has 162 valence electrons. The number of hydrogen-bond donors (Lipinski definition) is 1. The lowest BCUT2D eigenvalue weighted by Crippen LogP contribution is -2.43. The standard InChI is InChI=1S/C21H24ClFN2O4S/c1-2-12-29-17-4-3-11-25(14-17)21(26)15-5-7-16(8-6-15)24-30(27,28)18-9-10-20(23)19(22)13-18/h5-10,13,17,24H,2-4,11-12,14H2,1H3. The number of piperidine rings is 1. The van der Waals surface area contributed by atoms with E-state index in [4.69, 9.17) is 16.3 Å². The van der Waals surface area contributed by atoms with Crippen molar-refractivity contribution in [1.82, 2.24) is 4.90 Å². The lowest BCUT2D eigenvalue weighted by Gasteiger charge is -2.32. The summed E-state index contributed by atoms with van der Waals surface area (Å²) in [5.74, 6) is -0.807. The van der Waals surface area contributed by atoms with Gasteiger partial charge in [-0.25, -0.2) is 12.8 Å². The third-order valence-electron chi connectivity index (χ3n) is 4.81. The van der Waals surface area contributed by atoms with Gasteiger partial charge in [-0.15, -0.1) is 0 Å². The Bertz CT molecular complexity index is 999. The Morgan fingerprint density at radius 2 is 2.00 bits per heavy atom. The number of amides is 1. The molecule has 0 aliphatic carbocycles. The van der Waals surface area contributed by atoms with E-state index in [1.54, 1.807) is 17.0 Å². The van der Waals surface area contributed by atoms with Crippen LogP contribution in [-0.2, 0) is 14.8 Å². The minimum Gasteiger partial charge on any atom is -0.376 e. The molecular formula is C21H24ClFN2O4S. The van der Waals surface area contributed by atoms with Crippen LogP contribution in [-0.4, -0.2) is 45.0 Å². The molecule has 1 N–H and O–H groups in total. The van der Waals surface area contributed by atoms with Crippen molar-refractivity contribution in [2.45, 2.75) is 37.2 Å². The highest BCUT2D eigenvalue weighted by molar-refractivity contribution is 7.92. The van der Waals surface area contributed by atoms with E-state index in [1.807, 2.05) is 6.92 Å². The van der Waals surface area contributed by atoms with Crippen LogP contribution in [0.3, 0.4) is 0 Å². The first kappa shape index (κ1) is 22.5. The predicted octanol–water partition coefficient (Wildman–Crippen LogP) is 4.31. The molecule has 1 amide bonds. The first-order valence-corrected chi connectivity index (χ1v) is 11.6. The third kappa shape index (κ3) is 5.50. The summed E-state index contributed by atoms with van der Waals surface area (Å²) in [5, 5.41) is -0.276. The molecule has 1 aliphatic heterocycles. The van der Waals surface area contributed by atoms with Gasteiger partial charge in [0.25, 0.3) is 15.9 Å². The smallest absolute Gasteiger partial charge is 0.261 e. The van der Waals surface area contributed by atoms with E-state index in [1.165, 1.54) is 12.1 Å². The van der Waals surface area contributed by atoms with Crippen LogP contribution in [0, 0.1) is 5.82 Å². The van der Waals surface area contributed by atoms with Gasteiger partial charge in [0.1, 0.15) is 5.82 Å². The van der Waals surface area contributed by atoms with E-state index in [0.29, 0.717) is 25.3 Å². The van der Waals surface area contributed by atoms with Crippen molar-refractivity contribution >= 4 is 33.2 Å². The first-order valence-electron chi connectivity index (χ1n) is 9.79. The molecule has 1 saturated heterocycles. The molecule has 0 bridgehead atoms. The second-order valence-electron chi connectivity index (χ2n) is 7.14. The summed E-state index contributed by atoms with van der Waals surface area (Å²) in [6, 6.07) is 9.37. The second kappa shape index (κ2) is 9.76. The number of likely N-dealkylation sites (tertiary alicyclic amines) is 1. The second-order valence-corrected chi connectivity index (χ2v) is 9.23. The molecule has 0 saturated carbocycles. The number of carbonyl (C=O) groups is 1. The highest BCUT2D eigenvalue weighted by Gasteiger charge is 2.25. The van der Waals surface area contributed by atoms with Crippen LogP contribution in [0.15, 0.2) is 47.4 Å². The summed E-state index contributed by atoms with van der Waals surface area (Å²) in [6.45, 7) is 3.95. The largest absolute Gasteiger partial charge is 0.376 e. The predicted molar refractivity (Wildman–Crippen MR) is 114 cm³/mol. The third-order valence-corrected chi connectivity index (χ3v) is 6.48. The van der Waals surface area contributed by atoms with Crippen LogP contribution in [0.1, 0.15) is 36.5 Å². The number of sulfonamides is 1. The monoisotopic (exact) mass is 454 g/mol. The van der Waals surface area contributed by atoms with Crippen LogP contribution >= 0.6 is 11.6 Å². The van der Waals surface area contributed by atoms with Gasteiger partial charge in [0, 0.05) is 30.9 Å². The maximum Gasteiger partial charge on any atom is 0.261 e. The molecule has 9 heteroatoms. The molecule has 1 fully saturated rings. The molecule has 6 nitrogen and oxygen atoms in total. The lowest BCUT2D eigenvalue weighted by molar-refractivity contribution is 0.00211. The van der Waals surface area contributed by atoms with E-state index in [0.717, 1.165) is 37.5 Å². The van der Waals surface area contributed by atoms with Crippen LogP contribution in [0.25, 0.3) is 0 Å². The molecule has 0 aromatic heterocycles. The number of rotatable bonds is 7. The SMILES string of the molecule is CCCOC1CCCN(C(=O)c2ccc(NS(=O)(=O)c3ccc(F)c(Cl)c3)cc2)C1. The molecule has 1 heterocycles. The fraction of sp³-hybridized carbons (Fsp3) is 0.381. The van der Waals surface area contributed by atoms with Crippen molar-refractivity contribution < 1.29 is 22.3 Å². The van der Waals surface area contributed by atoms with Gasteiger partial charge < -0.3 is 9.64 Å². The summed E-state index contributed by atoms with van der Waals surface area (Å²) >= 11 is 5.67. The minimum atomic E-state index is -3.94. The molecule has 1 aliphatic rings. The number of benzene rings is 2. The van der Waals surface area contributed by atoms with Gasteiger partial charge in [0.05, 0.1) is 16.0 Å². The van der Waals surface area contributed by atoms with Gasteiger partial charge in [0.15, 0.2) is 0 Å². The van der Waals surface area contributed by atoms with E-state index in [9.17, 15) is 17.6 Å². The number of anilines is 1. The molecule has 3 rings (SSSR count). The Morgan fingerprint density at radius 3 is 2.67 bits per heavy atom. The van der Waals surface area contributed by atoms with Crippen LogP contribution in [0.2, 0.25) is 5.02 Å². The number of ether oxygens (including phenoxy) is 1. The average Bonchev–Trinajstić information content (AvgIpc) is 2.74. The molecule has 1 atom stereocenters. The maximum atomic E-state index is 13.3. The number of nitrogens with zero attached hydrogens (tertiary/aromatic N) is 1. The molecular weight excluding hydrogens is 431 g/mol. The molecule has 30 heavy (non-hydrogen) atoms. The van der Waals surface area contributed by atoms with E-state index in [2.05, 4.69) is 4.72 Å². The number of carbonyl (C=O) groups excluding carboxylic acids is 1. The summed E-state index contributed by atoms with van der Waals surface area (Å²) < 4.78 is 46.4. The Labute approximate surface area is 181 Å². The normalized spacial score (nSPS) is 17.0. The summed E-state index contributed by atoms with van der Waals surface area (Å²) in [5.41, 5.74) is 0.758. The molecule has 2 aromatic carbocycles. The van der Waals surface area contributed by atoms with Crippen molar-refractivity contribution in [3.05, 3.63) is 58.9 Å². The van der Waals surface area contributed by atoms with Gasteiger partial charge in [-0.2, -0.15) is 0 Å².